The van der Waals surface area contributed by atoms with Crippen molar-refractivity contribution in [3.8, 4) is 11.5 Å². The topological polar surface area (TPSA) is 51.7 Å². The van der Waals surface area contributed by atoms with Crippen LogP contribution in [0.2, 0.25) is 0 Å². The van der Waals surface area contributed by atoms with Gasteiger partial charge in [0.1, 0.15) is 13.2 Å². The number of nitrogens with zero attached hydrogens (tertiary/aromatic N) is 2. The fourth-order valence-electron chi connectivity index (χ4n) is 3.63. The van der Waals surface area contributed by atoms with Crippen LogP contribution >= 0.6 is 0 Å². The van der Waals surface area contributed by atoms with E-state index in [2.05, 4.69) is 11.1 Å². The second-order valence-corrected chi connectivity index (χ2v) is 6.60. The van der Waals surface area contributed by atoms with Crippen LogP contribution in [-0.2, 0) is 11.2 Å². The summed E-state index contributed by atoms with van der Waals surface area (Å²) in [5, 5.41) is 0. The van der Waals surface area contributed by atoms with Gasteiger partial charge in [-0.25, -0.2) is 0 Å². The lowest BCUT2D eigenvalue weighted by Crippen LogP contribution is -2.32. The number of aromatic nitrogens is 1. The molecular formula is C20H22N2O3. The summed E-state index contributed by atoms with van der Waals surface area (Å²) in [6, 6.07) is 9.94. The number of pyridine rings is 1. The van der Waals surface area contributed by atoms with Crippen molar-refractivity contribution in [2.45, 2.75) is 32.2 Å². The van der Waals surface area contributed by atoms with Crippen LogP contribution in [0.25, 0.3) is 0 Å². The maximum atomic E-state index is 12.9. The van der Waals surface area contributed by atoms with E-state index in [1.54, 1.807) is 6.20 Å². The SMILES string of the molecule is Cc1ccc(CC(=O)N2CCC[C@H]2c2cccc3c2OCCO3)cn1. The molecule has 4 rings (SSSR count). The number of para-hydroxylation sites is 1. The number of hydrogen-bond acceptors (Lipinski definition) is 4. The molecule has 5 heteroatoms. The fourth-order valence-corrected chi connectivity index (χ4v) is 3.63. The third kappa shape index (κ3) is 3.18. The normalized spacial score (nSPS) is 19.1. The molecule has 1 saturated heterocycles. The third-order valence-corrected chi connectivity index (χ3v) is 4.86. The summed E-state index contributed by atoms with van der Waals surface area (Å²) in [6.07, 6.45) is 4.14. The Hall–Kier alpha value is -2.56. The van der Waals surface area contributed by atoms with Crippen molar-refractivity contribution >= 4 is 5.91 Å². The van der Waals surface area contributed by atoms with Crippen LogP contribution in [0.3, 0.4) is 0 Å². The summed E-state index contributed by atoms with van der Waals surface area (Å²) in [7, 11) is 0. The molecular weight excluding hydrogens is 316 g/mol. The Morgan fingerprint density at radius 3 is 2.96 bits per heavy atom. The van der Waals surface area contributed by atoms with Crippen molar-refractivity contribution in [3.05, 3.63) is 53.3 Å². The molecule has 1 aromatic heterocycles. The van der Waals surface area contributed by atoms with Gasteiger partial charge in [-0.05, 0) is 37.5 Å². The summed E-state index contributed by atoms with van der Waals surface area (Å²) in [6.45, 7) is 3.86. The second kappa shape index (κ2) is 6.75. The molecule has 0 N–H and O–H groups in total. The van der Waals surface area contributed by atoms with Gasteiger partial charge in [-0.15, -0.1) is 0 Å². The lowest BCUT2D eigenvalue weighted by molar-refractivity contribution is -0.131. The second-order valence-electron chi connectivity index (χ2n) is 6.60. The van der Waals surface area contributed by atoms with E-state index in [4.69, 9.17) is 9.47 Å². The standard InChI is InChI=1S/C20H22N2O3/c1-14-7-8-15(13-21-14)12-19(23)22-9-3-5-17(22)16-4-2-6-18-20(16)25-11-10-24-18/h2,4,6-8,13,17H,3,5,9-12H2,1H3/t17-/m0/s1. The Morgan fingerprint density at radius 1 is 1.24 bits per heavy atom. The van der Waals surface area contributed by atoms with E-state index in [-0.39, 0.29) is 11.9 Å². The molecule has 0 spiro atoms. The monoisotopic (exact) mass is 338 g/mol. The van der Waals surface area contributed by atoms with Crippen LogP contribution < -0.4 is 9.47 Å². The molecule has 0 bridgehead atoms. The highest BCUT2D eigenvalue weighted by atomic mass is 16.6. The van der Waals surface area contributed by atoms with Crippen molar-refractivity contribution < 1.29 is 14.3 Å². The maximum absolute atomic E-state index is 12.9. The van der Waals surface area contributed by atoms with Gasteiger partial charge in [0.2, 0.25) is 5.91 Å². The molecule has 0 radical (unpaired) electrons. The number of amides is 1. The predicted molar refractivity (Wildman–Crippen MR) is 93.8 cm³/mol. The Bertz CT molecular complexity index is 773. The Balaban J connectivity index is 1.56. The highest BCUT2D eigenvalue weighted by Crippen LogP contribution is 2.42. The summed E-state index contributed by atoms with van der Waals surface area (Å²) >= 11 is 0. The number of rotatable bonds is 3. The first-order valence-corrected chi connectivity index (χ1v) is 8.82. The number of likely N-dealkylation sites (tertiary alicyclic amines) is 1. The smallest absolute Gasteiger partial charge is 0.227 e. The maximum Gasteiger partial charge on any atom is 0.227 e. The van der Waals surface area contributed by atoms with Crippen LogP contribution in [0.1, 0.15) is 35.7 Å². The molecule has 3 heterocycles. The predicted octanol–water partition coefficient (Wildman–Crippen LogP) is 3.07. The molecule has 130 valence electrons. The van der Waals surface area contributed by atoms with Crippen LogP contribution in [0, 0.1) is 6.92 Å². The summed E-state index contributed by atoms with van der Waals surface area (Å²) in [5.74, 6) is 1.73. The molecule has 0 aliphatic carbocycles. The highest BCUT2D eigenvalue weighted by molar-refractivity contribution is 5.79. The first-order valence-electron chi connectivity index (χ1n) is 8.82. The molecule has 2 aromatic rings. The van der Waals surface area contributed by atoms with Gasteiger partial charge in [-0.1, -0.05) is 18.2 Å². The van der Waals surface area contributed by atoms with Gasteiger partial charge in [0.15, 0.2) is 11.5 Å². The number of benzene rings is 1. The molecule has 1 amide bonds. The summed E-state index contributed by atoms with van der Waals surface area (Å²) in [4.78, 5) is 19.1. The average Bonchev–Trinajstić information content (AvgIpc) is 3.13. The molecule has 5 nitrogen and oxygen atoms in total. The molecule has 0 unspecified atom stereocenters. The number of ether oxygens (including phenoxy) is 2. The van der Waals surface area contributed by atoms with Crippen LogP contribution in [0.4, 0.5) is 0 Å². The lowest BCUT2D eigenvalue weighted by Gasteiger charge is -2.29. The van der Waals surface area contributed by atoms with E-state index in [9.17, 15) is 4.79 Å². The highest BCUT2D eigenvalue weighted by Gasteiger charge is 2.33. The number of aryl methyl sites for hydroxylation is 1. The van der Waals surface area contributed by atoms with E-state index < -0.39 is 0 Å². The zero-order valence-electron chi connectivity index (χ0n) is 14.4. The molecule has 0 saturated carbocycles. The van der Waals surface area contributed by atoms with Crippen molar-refractivity contribution in [1.82, 2.24) is 9.88 Å². The number of hydrogen-bond donors (Lipinski definition) is 0. The zero-order valence-corrected chi connectivity index (χ0v) is 14.4. The fraction of sp³-hybridized carbons (Fsp3) is 0.400. The molecule has 2 aliphatic rings. The van der Waals surface area contributed by atoms with Gasteiger partial charge >= 0.3 is 0 Å². The van der Waals surface area contributed by atoms with Crippen LogP contribution in [-0.4, -0.2) is 35.5 Å². The molecule has 1 fully saturated rings. The van der Waals surface area contributed by atoms with Gasteiger partial charge < -0.3 is 14.4 Å². The Morgan fingerprint density at radius 2 is 2.12 bits per heavy atom. The quantitative estimate of drug-likeness (QED) is 0.863. The third-order valence-electron chi connectivity index (χ3n) is 4.86. The number of carbonyl (C=O) groups excluding carboxylic acids is 1. The summed E-state index contributed by atoms with van der Waals surface area (Å²) < 4.78 is 11.5. The number of fused-ring (bicyclic) bond motifs is 1. The zero-order chi connectivity index (χ0) is 17.2. The van der Waals surface area contributed by atoms with Crippen molar-refractivity contribution in [2.75, 3.05) is 19.8 Å². The van der Waals surface area contributed by atoms with Crippen molar-refractivity contribution in [3.63, 3.8) is 0 Å². The van der Waals surface area contributed by atoms with Crippen LogP contribution in [0.15, 0.2) is 36.5 Å². The van der Waals surface area contributed by atoms with E-state index in [1.165, 1.54) is 0 Å². The van der Waals surface area contributed by atoms with Crippen molar-refractivity contribution in [1.29, 1.82) is 0 Å². The molecule has 1 aromatic carbocycles. The minimum absolute atomic E-state index is 0.0579. The molecule has 25 heavy (non-hydrogen) atoms. The van der Waals surface area contributed by atoms with Crippen LogP contribution in [0.5, 0.6) is 11.5 Å². The first-order chi connectivity index (χ1) is 12.2. The molecule has 1 atom stereocenters. The minimum Gasteiger partial charge on any atom is -0.486 e. The van der Waals surface area contributed by atoms with E-state index >= 15 is 0 Å². The first kappa shape index (κ1) is 15.9. The van der Waals surface area contributed by atoms with E-state index in [1.807, 2.05) is 36.1 Å². The minimum atomic E-state index is 0.0579. The Kier molecular flexibility index (Phi) is 4.30. The Labute approximate surface area is 147 Å². The molecule has 2 aliphatic heterocycles. The van der Waals surface area contributed by atoms with Gasteiger partial charge in [0.25, 0.3) is 0 Å². The summed E-state index contributed by atoms with van der Waals surface area (Å²) in [5.41, 5.74) is 2.98. The van der Waals surface area contributed by atoms with E-state index in [0.717, 1.165) is 47.7 Å². The van der Waals surface area contributed by atoms with Gasteiger partial charge in [-0.3, -0.25) is 9.78 Å². The van der Waals surface area contributed by atoms with Crippen molar-refractivity contribution in [2.24, 2.45) is 0 Å². The van der Waals surface area contributed by atoms with E-state index in [0.29, 0.717) is 19.6 Å². The van der Waals surface area contributed by atoms with Gasteiger partial charge in [0, 0.05) is 24.0 Å². The van der Waals surface area contributed by atoms with Gasteiger partial charge in [-0.2, -0.15) is 0 Å². The number of carbonyl (C=O) groups is 1. The lowest BCUT2D eigenvalue weighted by atomic mass is 10.0. The average molecular weight is 338 g/mol. The largest absolute Gasteiger partial charge is 0.486 e. The van der Waals surface area contributed by atoms with Gasteiger partial charge in [0.05, 0.1) is 12.5 Å².